The minimum absolute atomic E-state index is 0.0731. The number of hydrazone groups is 1. The van der Waals surface area contributed by atoms with E-state index in [0.29, 0.717) is 15.7 Å². The number of phenolic OH excluding ortho intramolecular Hbond substituents is 1. The van der Waals surface area contributed by atoms with Crippen LogP contribution in [-0.4, -0.2) is 28.1 Å². The fourth-order valence-corrected chi connectivity index (χ4v) is 3.03. The third kappa shape index (κ3) is 5.52. The molecule has 0 bridgehead atoms. The highest BCUT2D eigenvalue weighted by atomic mass is 79.9. The van der Waals surface area contributed by atoms with E-state index >= 15 is 0 Å². The van der Waals surface area contributed by atoms with E-state index in [1.165, 1.54) is 18.2 Å². The molecule has 156 valence electrons. The summed E-state index contributed by atoms with van der Waals surface area (Å²) >= 11 is 3.32. The van der Waals surface area contributed by atoms with Gasteiger partial charge < -0.3 is 10.4 Å². The van der Waals surface area contributed by atoms with Crippen LogP contribution in [0.3, 0.4) is 0 Å². The van der Waals surface area contributed by atoms with Crippen LogP contribution in [-0.2, 0) is 0 Å². The molecule has 0 aliphatic heterocycles. The summed E-state index contributed by atoms with van der Waals surface area (Å²) in [5.41, 5.74) is 3.21. The normalized spacial score (nSPS) is 10.6. The molecular formula is C21H15BrN4O5. The van der Waals surface area contributed by atoms with Crippen molar-refractivity contribution < 1.29 is 19.6 Å². The van der Waals surface area contributed by atoms with E-state index in [-0.39, 0.29) is 28.5 Å². The Morgan fingerprint density at radius 3 is 2.55 bits per heavy atom. The molecule has 2 amide bonds. The minimum Gasteiger partial charge on any atom is -0.507 e. The van der Waals surface area contributed by atoms with Crippen molar-refractivity contribution in [2.24, 2.45) is 5.10 Å². The Hall–Kier alpha value is -4.05. The van der Waals surface area contributed by atoms with Crippen molar-refractivity contribution in [2.75, 3.05) is 5.32 Å². The number of amides is 2. The number of halogens is 1. The molecule has 0 heterocycles. The van der Waals surface area contributed by atoms with Crippen LogP contribution in [0, 0.1) is 10.1 Å². The van der Waals surface area contributed by atoms with Crippen LogP contribution in [0.1, 0.15) is 26.3 Å². The van der Waals surface area contributed by atoms with Gasteiger partial charge in [0.1, 0.15) is 5.75 Å². The fraction of sp³-hybridized carbons (Fsp3) is 0. The molecule has 0 saturated heterocycles. The van der Waals surface area contributed by atoms with E-state index in [0.717, 1.165) is 18.3 Å². The molecule has 0 aliphatic rings. The molecule has 0 spiro atoms. The van der Waals surface area contributed by atoms with Crippen LogP contribution in [0.25, 0.3) is 0 Å². The number of carbonyl (C=O) groups is 2. The van der Waals surface area contributed by atoms with Crippen LogP contribution < -0.4 is 10.7 Å². The molecule has 10 heteroatoms. The molecule has 0 aliphatic carbocycles. The number of rotatable bonds is 6. The molecule has 3 rings (SSSR count). The maximum absolute atomic E-state index is 12.4. The number of hydrogen-bond acceptors (Lipinski definition) is 6. The van der Waals surface area contributed by atoms with E-state index < -0.39 is 10.8 Å². The highest BCUT2D eigenvalue weighted by Gasteiger charge is 2.12. The van der Waals surface area contributed by atoms with E-state index in [1.54, 1.807) is 36.4 Å². The largest absolute Gasteiger partial charge is 0.507 e. The van der Waals surface area contributed by atoms with E-state index in [4.69, 9.17) is 0 Å². The number of anilines is 1. The standard InChI is InChI=1S/C21H15BrN4O5/c22-18-7-2-1-6-17(18)21(29)24-15-5-3-4-13(10-15)20(28)25-23-12-14-11-16(26(30)31)8-9-19(14)27/h1-12,27H,(H,24,29)(H,25,28)/b23-12-. The van der Waals surface area contributed by atoms with Gasteiger partial charge in [0.25, 0.3) is 17.5 Å². The molecule has 0 aromatic heterocycles. The maximum atomic E-state index is 12.4. The second-order valence-corrected chi connectivity index (χ2v) is 7.07. The number of benzene rings is 3. The Balaban J connectivity index is 1.69. The quantitative estimate of drug-likeness (QED) is 0.276. The van der Waals surface area contributed by atoms with Crippen LogP contribution in [0.2, 0.25) is 0 Å². The number of nitrogens with zero attached hydrogens (tertiary/aromatic N) is 2. The Morgan fingerprint density at radius 2 is 1.81 bits per heavy atom. The summed E-state index contributed by atoms with van der Waals surface area (Å²) in [6.07, 6.45) is 1.10. The summed E-state index contributed by atoms with van der Waals surface area (Å²) in [5.74, 6) is -1.14. The molecule has 9 nitrogen and oxygen atoms in total. The van der Waals surface area contributed by atoms with Crippen LogP contribution in [0.15, 0.2) is 76.3 Å². The minimum atomic E-state index is -0.608. The van der Waals surface area contributed by atoms with Gasteiger partial charge >= 0.3 is 0 Å². The Labute approximate surface area is 184 Å². The Morgan fingerprint density at radius 1 is 1.03 bits per heavy atom. The second kappa shape index (κ2) is 9.63. The Kier molecular flexibility index (Phi) is 6.73. The number of nitro benzene ring substituents is 1. The second-order valence-electron chi connectivity index (χ2n) is 6.21. The first-order chi connectivity index (χ1) is 14.8. The van der Waals surface area contributed by atoms with Crippen molar-refractivity contribution in [3.8, 4) is 5.75 Å². The van der Waals surface area contributed by atoms with Crippen LogP contribution in [0.4, 0.5) is 11.4 Å². The van der Waals surface area contributed by atoms with Crippen molar-refractivity contribution in [2.45, 2.75) is 0 Å². The Bertz CT molecular complexity index is 1200. The molecule has 0 saturated carbocycles. The molecule has 3 aromatic carbocycles. The van der Waals surface area contributed by atoms with E-state index in [9.17, 15) is 24.8 Å². The van der Waals surface area contributed by atoms with Gasteiger partial charge in [0.2, 0.25) is 0 Å². The number of nitro groups is 1. The van der Waals surface area contributed by atoms with Gasteiger partial charge in [-0.3, -0.25) is 19.7 Å². The van der Waals surface area contributed by atoms with Gasteiger partial charge in [-0.2, -0.15) is 5.10 Å². The van der Waals surface area contributed by atoms with E-state index in [2.05, 4.69) is 31.8 Å². The van der Waals surface area contributed by atoms with Crippen molar-refractivity contribution >= 4 is 45.3 Å². The third-order valence-electron chi connectivity index (χ3n) is 4.09. The predicted molar refractivity (Wildman–Crippen MR) is 118 cm³/mol. The predicted octanol–water partition coefficient (Wildman–Crippen LogP) is 4.08. The molecule has 0 atom stereocenters. The number of nitrogens with one attached hydrogen (secondary N) is 2. The van der Waals surface area contributed by atoms with Gasteiger partial charge in [-0.05, 0) is 52.3 Å². The zero-order chi connectivity index (χ0) is 22.4. The molecule has 3 N–H and O–H groups in total. The lowest BCUT2D eigenvalue weighted by atomic mass is 10.1. The number of hydrogen-bond donors (Lipinski definition) is 3. The number of carbonyl (C=O) groups excluding carboxylic acids is 2. The summed E-state index contributed by atoms with van der Waals surface area (Å²) in [6.45, 7) is 0. The topological polar surface area (TPSA) is 134 Å². The van der Waals surface area contributed by atoms with Gasteiger partial charge in [0.15, 0.2) is 0 Å². The summed E-state index contributed by atoms with van der Waals surface area (Å²) in [5, 5.41) is 27.0. The molecule has 0 fully saturated rings. The first kappa shape index (κ1) is 21.7. The van der Waals surface area contributed by atoms with Gasteiger partial charge in [-0.1, -0.05) is 18.2 Å². The maximum Gasteiger partial charge on any atom is 0.271 e. The zero-order valence-corrected chi connectivity index (χ0v) is 17.4. The first-order valence-electron chi connectivity index (χ1n) is 8.82. The summed E-state index contributed by atoms with van der Waals surface area (Å²) in [4.78, 5) is 35.0. The molecule has 0 unspecified atom stereocenters. The zero-order valence-electron chi connectivity index (χ0n) is 15.8. The summed E-state index contributed by atoms with van der Waals surface area (Å²) < 4.78 is 0.639. The van der Waals surface area contributed by atoms with Crippen molar-refractivity contribution in [3.63, 3.8) is 0 Å². The lowest BCUT2D eigenvalue weighted by Crippen LogP contribution is -2.18. The smallest absolute Gasteiger partial charge is 0.271 e. The number of phenols is 1. The summed E-state index contributed by atoms with van der Waals surface area (Å²) in [7, 11) is 0. The number of non-ortho nitro benzene ring substituents is 1. The van der Waals surface area contributed by atoms with Gasteiger partial charge in [0, 0.05) is 33.4 Å². The first-order valence-corrected chi connectivity index (χ1v) is 9.61. The fourth-order valence-electron chi connectivity index (χ4n) is 2.57. The molecule has 31 heavy (non-hydrogen) atoms. The molecule has 0 radical (unpaired) electrons. The highest BCUT2D eigenvalue weighted by molar-refractivity contribution is 9.10. The number of aromatic hydroxyl groups is 1. The lowest BCUT2D eigenvalue weighted by Gasteiger charge is -2.08. The average molecular weight is 483 g/mol. The van der Waals surface area contributed by atoms with Gasteiger partial charge in [0.05, 0.1) is 16.7 Å². The van der Waals surface area contributed by atoms with Gasteiger partial charge in [-0.25, -0.2) is 5.43 Å². The van der Waals surface area contributed by atoms with Crippen molar-refractivity contribution in [1.29, 1.82) is 0 Å². The van der Waals surface area contributed by atoms with Crippen molar-refractivity contribution in [3.05, 3.63) is 98.0 Å². The molecular weight excluding hydrogens is 468 g/mol. The van der Waals surface area contributed by atoms with E-state index in [1.807, 2.05) is 0 Å². The monoisotopic (exact) mass is 482 g/mol. The highest BCUT2D eigenvalue weighted by Crippen LogP contribution is 2.21. The van der Waals surface area contributed by atoms with Crippen LogP contribution >= 0.6 is 15.9 Å². The van der Waals surface area contributed by atoms with Crippen LogP contribution in [0.5, 0.6) is 5.75 Å². The summed E-state index contributed by atoms with van der Waals surface area (Å²) in [6, 6.07) is 16.6. The third-order valence-corrected chi connectivity index (χ3v) is 4.78. The van der Waals surface area contributed by atoms with Crippen molar-refractivity contribution in [1.82, 2.24) is 5.43 Å². The lowest BCUT2D eigenvalue weighted by molar-refractivity contribution is -0.384. The average Bonchev–Trinajstić information content (AvgIpc) is 2.75. The van der Waals surface area contributed by atoms with Gasteiger partial charge in [-0.15, -0.1) is 0 Å². The molecule has 3 aromatic rings. The SMILES string of the molecule is O=C(N/N=C\c1cc([N+](=O)[O-])ccc1O)c1cccc(NC(=O)c2ccccc2Br)c1.